The molecule has 21 heavy (non-hydrogen) atoms. The number of hydrogen-bond donors (Lipinski definition) is 1. The number of rotatable bonds is 4. The smallest absolute Gasteiger partial charge is 0.299 e. The first kappa shape index (κ1) is 15.7. The van der Waals surface area contributed by atoms with Gasteiger partial charge in [-0.2, -0.15) is 0 Å². The summed E-state index contributed by atoms with van der Waals surface area (Å²) in [6, 6.07) is 3.88. The summed E-state index contributed by atoms with van der Waals surface area (Å²) in [5, 5.41) is 3.40. The van der Waals surface area contributed by atoms with Crippen LogP contribution in [0.25, 0.3) is 0 Å². The fourth-order valence-corrected chi connectivity index (χ4v) is 2.68. The molecule has 1 N–H and O–H groups in total. The van der Waals surface area contributed by atoms with Crippen molar-refractivity contribution in [2.45, 2.75) is 46.6 Å². The van der Waals surface area contributed by atoms with E-state index in [1.54, 1.807) is 4.90 Å². The zero-order valence-electron chi connectivity index (χ0n) is 13.5. The normalized spacial score (nSPS) is 14.8. The summed E-state index contributed by atoms with van der Waals surface area (Å²) in [6.07, 6.45) is 0.823. The molecule has 1 aliphatic rings. The van der Waals surface area contributed by atoms with Crippen LogP contribution in [0.2, 0.25) is 0 Å². The Labute approximate surface area is 126 Å². The van der Waals surface area contributed by atoms with E-state index >= 15 is 0 Å². The highest BCUT2D eigenvalue weighted by Gasteiger charge is 2.37. The van der Waals surface area contributed by atoms with E-state index in [-0.39, 0.29) is 11.3 Å². The summed E-state index contributed by atoms with van der Waals surface area (Å²) in [5.41, 5.74) is 3.32. The van der Waals surface area contributed by atoms with Gasteiger partial charge in [-0.3, -0.25) is 9.59 Å². The highest BCUT2D eigenvalue weighted by Crippen LogP contribution is 2.34. The number of carbonyl (C=O) groups is 2. The van der Waals surface area contributed by atoms with Gasteiger partial charge in [0.15, 0.2) is 0 Å². The molecule has 0 fully saturated rings. The lowest BCUT2D eigenvalue weighted by atomic mass is 10.0. The number of ketones is 1. The zero-order valence-corrected chi connectivity index (χ0v) is 13.5. The maximum Gasteiger partial charge on any atom is 0.299 e. The van der Waals surface area contributed by atoms with E-state index in [1.165, 1.54) is 0 Å². The van der Waals surface area contributed by atoms with Crippen LogP contribution in [0.4, 0.5) is 5.69 Å². The van der Waals surface area contributed by atoms with Gasteiger partial charge in [0.1, 0.15) is 0 Å². The Morgan fingerprint density at radius 3 is 2.33 bits per heavy atom. The molecule has 0 saturated carbocycles. The van der Waals surface area contributed by atoms with E-state index in [9.17, 15) is 9.59 Å². The third-order valence-electron chi connectivity index (χ3n) is 3.74. The molecule has 1 aromatic rings. The molecular weight excluding hydrogens is 264 g/mol. The monoisotopic (exact) mass is 288 g/mol. The topological polar surface area (TPSA) is 49.4 Å². The minimum atomic E-state index is -0.391. The third-order valence-corrected chi connectivity index (χ3v) is 3.74. The van der Waals surface area contributed by atoms with E-state index < -0.39 is 5.91 Å². The van der Waals surface area contributed by atoms with Gasteiger partial charge in [0.25, 0.3) is 11.7 Å². The van der Waals surface area contributed by atoms with Crippen molar-refractivity contribution < 1.29 is 9.59 Å². The first-order valence-electron chi connectivity index (χ1n) is 7.44. The van der Waals surface area contributed by atoms with Gasteiger partial charge in [-0.1, -0.05) is 12.1 Å². The summed E-state index contributed by atoms with van der Waals surface area (Å²) in [4.78, 5) is 26.0. The first-order valence-corrected chi connectivity index (χ1v) is 7.44. The van der Waals surface area contributed by atoms with Crippen molar-refractivity contribution in [1.29, 1.82) is 0 Å². The number of benzene rings is 1. The lowest BCUT2D eigenvalue weighted by molar-refractivity contribution is -0.114. The van der Waals surface area contributed by atoms with Crippen molar-refractivity contribution in [2.75, 3.05) is 18.0 Å². The number of nitrogens with one attached hydrogen (secondary N) is 1. The maximum absolute atomic E-state index is 12.2. The van der Waals surface area contributed by atoms with Crippen LogP contribution in [0, 0.1) is 13.8 Å². The van der Waals surface area contributed by atoms with Crippen molar-refractivity contribution in [1.82, 2.24) is 5.32 Å². The molecule has 4 nitrogen and oxygen atoms in total. The molecule has 1 amide bonds. The largest absolute Gasteiger partial charge is 0.312 e. The molecule has 0 spiro atoms. The van der Waals surface area contributed by atoms with Crippen LogP contribution in [0.3, 0.4) is 0 Å². The average molecular weight is 288 g/mol. The number of hydrogen-bond acceptors (Lipinski definition) is 3. The molecule has 0 saturated heterocycles. The predicted octanol–water partition coefficient (Wildman–Crippen LogP) is 2.61. The molecule has 2 rings (SSSR count). The standard InChI is InChI=1S/C17H24N2O2/c1-11-7-8-12(2)14-13(11)15(20)16(21)19(14)10-6-9-18-17(3,4)5/h7-8,18H,6,9-10H2,1-5H3. The Morgan fingerprint density at radius 2 is 1.71 bits per heavy atom. The minimum absolute atomic E-state index is 0.0647. The second kappa shape index (κ2) is 5.60. The SMILES string of the molecule is Cc1ccc(C)c2c1C(=O)C(=O)N2CCCNC(C)(C)C. The Morgan fingerprint density at radius 1 is 1.10 bits per heavy atom. The van der Waals surface area contributed by atoms with E-state index in [4.69, 9.17) is 0 Å². The summed E-state index contributed by atoms with van der Waals surface area (Å²) in [7, 11) is 0. The van der Waals surface area contributed by atoms with Gasteiger partial charge in [-0.25, -0.2) is 0 Å². The summed E-state index contributed by atoms with van der Waals surface area (Å²) in [6.45, 7) is 11.6. The lowest BCUT2D eigenvalue weighted by Gasteiger charge is -2.23. The molecule has 1 aliphatic heterocycles. The summed E-state index contributed by atoms with van der Waals surface area (Å²) < 4.78 is 0. The fraction of sp³-hybridized carbons (Fsp3) is 0.529. The number of Topliss-reactive ketones (excluding diaryl/α,β-unsaturated/α-hetero) is 1. The Hall–Kier alpha value is -1.68. The van der Waals surface area contributed by atoms with Crippen LogP contribution in [0.5, 0.6) is 0 Å². The van der Waals surface area contributed by atoms with Gasteiger partial charge in [0.2, 0.25) is 0 Å². The molecular formula is C17H24N2O2. The molecule has 0 atom stereocenters. The van der Waals surface area contributed by atoms with E-state index in [1.807, 2.05) is 26.0 Å². The van der Waals surface area contributed by atoms with E-state index in [0.29, 0.717) is 12.1 Å². The summed E-state index contributed by atoms with van der Waals surface area (Å²) >= 11 is 0. The van der Waals surface area contributed by atoms with Gasteiger partial charge < -0.3 is 10.2 Å². The van der Waals surface area contributed by atoms with Crippen molar-refractivity contribution in [3.63, 3.8) is 0 Å². The Balaban J connectivity index is 2.14. The number of amides is 1. The molecule has 1 heterocycles. The minimum Gasteiger partial charge on any atom is -0.312 e. The van der Waals surface area contributed by atoms with E-state index in [0.717, 1.165) is 29.8 Å². The van der Waals surface area contributed by atoms with Crippen LogP contribution >= 0.6 is 0 Å². The maximum atomic E-state index is 12.2. The molecule has 4 heteroatoms. The molecule has 0 aromatic heterocycles. The van der Waals surface area contributed by atoms with Gasteiger partial charge in [0.05, 0.1) is 11.3 Å². The second-order valence-corrected chi connectivity index (χ2v) is 6.74. The van der Waals surface area contributed by atoms with Gasteiger partial charge in [-0.05, 0) is 58.7 Å². The highest BCUT2D eigenvalue weighted by atomic mass is 16.2. The molecule has 0 unspecified atom stereocenters. The predicted molar refractivity (Wildman–Crippen MR) is 85.0 cm³/mol. The lowest BCUT2D eigenvalue weighted by Crippen LogP contribution is -2.38. The number of nitrogens with zero attached hydrogens (tertiary/aromatic N) is 1. The fourth-order valence-electron chi connectivity index (χ4n) is 2.68. The van der Waals surface area contributed by atoms with Crippen molar-refractivity contribution in [2.24, 2.45) is 0 Å². The Bertz CT molecular complexity index is 585. The molecule has 0 bridgehead atoms. The van der Waals surface area contributed by atoms with Crippen LogP contribution < -0.4 is 10.2 Å². The molecule has 1 aromatic carbocycles. The van der Waals surface area contributed by atoms with Crippen molar-refractivity contribution >= 4 is 17.4 Å². The zero-order chi connectivity index (χ0) is 15.8. The number of fused-ring (bicyclic) bond motifs is 1. The van der Waals surface area contributed by atoms with Crippen LogP contribution in [-0.4, -0.2) is 30.3 Å². The second-order valence-electron chi connectivity index (χ2n) is 6.74. The Kier molecular flexibility index (Phi) is 4.19. The summed E-state index contributed by atoms with van der Waals surface area (Å²) in [5.74, 6) is -0.756. The van der Waals surface area contributed by atoms with Crippen molar-refractivity contribution in [3.8, 4) is 0 Å². The third kappa shape index (κ3) is 3.16. The quantitative estimate of drug-likeness (QED) is 0.684. The molecule has 0 radical (unpaired) electrons. The van der Waals surface area contributed by atoms with E-state index in [2.05, 4.69) is 26.1 Å². The molecule has 0 aliphatic carbocycles. The van der Waals surface area contributed by atoms with Gasteiger partial charge in [0, 0.05) is 12.1 Å². The number of aryl methyl sites for hydroxylation is 2. The van der Waals surface area contributed by atoms with Crippen LogP contribution in [-0.2, 0) is 4.79 Å². The number of anilines is 1. The number of carbonyl (C=O) groups excluding carboxylic acids is 2. The van der Waals surface area contributed by atoms with Gasteiger partial charge in [-0.15, -0.1) is 0 Å². The van der Waals surface area contributed by atoms with Gasteiger partial charge >= 0.3 is 0 Å². The highest BCUT2D eigenvalue weighted by molar-refractivity contribution is 6.52. The average Bonchev–Trinajstić information content (AvgIpc) is 2.63. The molecule has 114 valence electrons. The first-order chi connectivity index (χ1) is 9.72. The van der Waals surface area contributed by atoms with Crippen molar-refractivity contribution in [3.05, 3.63) is 28.8 Å². The van der Waals surface area contributed by atoms with Crippen LogP contribution in [0.15, 0.2) is 12.1 Å². The van der Waals surface area contributed by atoms with Crippen LogP contribution in [0.1, 0.15) is 48.7 Å².